The van der Waals surface area contributed by atoms with Crippen LogP contribution in [-0.2, 0) is 43.0 Å². The zero-order chi connectivity index (χ0) is 53.1. The van der Waals surface area contributed by atoms with E-state index in [9.17, 15) is 33.6 Å². The molecule has 386 valence electrons. The SMILES string of the molecule is CC(C)C(=O)O.CC(C)C(N)=O.CC(C)C(O)CO.CC(C)C=O.CC/C=C/C(=O)OCC.CC/C=C/C(O)CO.CCC(N)=O.CCC=O.CCCC(O)CO.CCOC(=O)CC. The molecule has 0 heterocycles. The van der Waals surface area contributed by atoms with Crippen LogP contribution in [0.4, 0.5) is 0 Å². The minimum Gasteiger partial charge on any atom is -0.481 e. The Morgan fingerprint density at radius 2 is 1.02 bits per heavy atom. The number of aliphatic carboxylic acids is 1. The number of carbonyl (C=O) groups excluding carboxylic acids is 6. The molecule has 18 heteroatoms. The van der Waals surface area contributed by atoms with E-state index in [1.165, 1.54) is 6.08 Å². The van der Waals surface area contributed by atoms with Gasteiger partial charge in [0.2, 0.25) is 11.8 Å². The monoisotopic (exact) mass is 933 g/mol. The number of ether oxygens (including phenoxy) is 2. The lowest BCUT2D eigenvalue weighted by Crippen LogP contribution is -2.18. The van der Waals surface area contributed by atoms with Gasteiger partial charge in [0, 0.05) is 37.2 Å². The molecule has 0 aromatic heterocycles. The van der Waals surface area contributed by atoms with E-state index in [0.717, 1.165) is 31.8 Å². The van der Waals surface area contributed by atoms with Gasteiger partial charge in [0.05, 0.1) is 57.3 Å². The first-order valence-electron chi connectivity index (χ1n) is 21.9. The van der Waals surface area contributed by atoms with Gasteiger partial charge in [-0.3, -0.25) is 19.2 Å². The zero-order valence-electron chi connectivity index (χ0n) is 42.5. The fourth-order valence-corrected chi connectivity index (χ4v) is 1.66. The number of rotatable bonds is 18. The highest BCUT2D eigenvalue weighted by atomic mass is 16.5. The van der Waals surface area contributed by atoms with Gasteiger partial charge < -0.3 is 66.3 Å². The van der Waals surface area contributed by atoms with Crippen molar-refractivity contribution in [1.82, 2.24) is 0 Å². The lowest BCUT2D eigenvalue weighted by atomic mass is 10.1. The molecule has 2 amide bonds. The Kier molecular flexibility index (Phi) is 95.7. The van der Waals surface area contributed by atoms with Gasteiger partial charge in [-0.05, 0) is 39.0 Å². The van der Waals surface area contributed by atoms with Crippen LogP contribution in [0.3, 0.4) is 0 Å². The summed E-state index contributed by atoms with van der Waals surface area (Å²) in [6.45, 7) is 29.6. The van der Waals surface area contributed by atoms with Crippen molar-refractivity contribution in [3.63, 3.8) is 0 Å². The summed E-state index contributed by atoms with van der Waals surface area (Å²) in [7, 11) is 0. The van der Waals surface area contributed by atoms with E-state index in [4.69, 9.17) is 41.5 Å². The molecule has 0 aliphatic heterocycles. The first kappa shape index (κ1) is 83.5. The van der Waals surface area contributed by atoms with Crippen molar-refractivity contribution in [2.24, 2.45) is 35.1 Å². The molecular weight excluding hydrogens is 837 g/mol. The van der Waals surface area contributed by atoms with Gasteiger partial charge in [0.25, 0.3) is 0 Å². The van der Waals surface area contributed by atoms with Crippen molar-refractivity contribution >= 4 is 42.3 Å². The van der Waals surface area contributed by atoms with E-state index < -0.39 is 24.3 Å². The highest BCUT2D eigenvalue weighted by Crippen LogP contribution is 1.97. The summed E-state index contributed by atoms with van der Waals surface area (Å²) in [5, 5.41) is 58.7. The molecule has 18 nitrogen and oxygen atoms in total. The molecule has 0 aromatic carbocycles. The fourth-order valence-electron chi connectivity index (χ4n) is 1.66. The number of carboxylic acid groups (broad SMARTS) is 1. The fraction of sp³-hybridized carbons (Fsp3) is 0.761. The van der Waals surface area contributed by atoms with Crippen LogP contribution in [0.5, 0.6) is 0 Å². The minimum absolute atomic E-state index is 0.00926. The third-order valence-corrected chi connectivity index (χ3v) is 5.79. The predicted molar refractivity (Wildman–Crippen MR) is 255 cm³/mol. The Bertz CT molecular complexity index is 1030. The molecule has 64 heavy (non-hydrogen) atoms. The van der Waals surface area contributed by atoms with Crippen LogP contribution in [0.15, 0.2) is 24.3 Å². The quantitative estimate of drug-likeness (QED) is 0.0374. The summed E-state index contributed by atoms with van der Waals surface area (Å²) >= 11 is 0. The van der Waals surface area contributed by atoms with Crippen LogP contribution in [0.25, 0.3) is 0 Å². The number of aliphatic hydroxyl groups excluding tert-OH is 6. The number of amides is 2. The summed E-state index contributed by atoms with van der Waals surface area (Å²) < 4.78 is 9.17. The molecule has 0 bridgehead atoms. The van der Waals surface area contributed by atoms with Crippen molar-refractivity contribution in [2.75, 3.05) is 33.0 Å². The Morgan fingerprint density at radius 3 is 1.16 bits per heavy atom. The number of primary amides is 2. The van der Waals surface area contributed by atoms with Gasteiger partial charge in [-0.2, -0.15) is 0 Å². The van der Waals surface area contributed by atoms with Crippen molar-refractivity contribution in [1.29, 1.82) is 0 Å². The Hall–Kier alpha value is -4.07. The van der Waals surface area contributed by atoms with Gasteiger partial charge in [-0.1, -0.05) is 122 Å². The number of nitrogens with two attached hydrogens (primary N) is 2. The highest BCUT2D eigenvalue weighted by Gasteiger charge is 2.04. The van der Waals surface area contributed by atoms with Gasteiger partial charge >= 0.3 is 17.9 Å². The van der Waals surface area contributed by atoms with E-state index in [-0.39, 0.29) is 67.2 Å². The Balaban J connectivity index is -0.0000000637. The lowest BCUT2D eigenvalue weighted by Gasteiger charge is -2.08. The number of aliphatic hydroxyl groups is 6. The molecule has 3 unspecified atom stereocenters. The van der Waals surface area contributed by atoms with Gasteiger partial charge in [-0.15, -0.1) is 0 Å². The van der Waals surface area contributed by atoms with Crippen LogP contribution in [0.2, 0.25) is 0 Å². The Morgan fingerprint density at radius 1 is 0.625 bits per heavy atom. The molecule has 0 spiro atoms. The maximum Gasteiger partial charge on any atom is 0.330 e. The molecule has 0 aromatic rings. The lowest BCUT2D eigenvalue weighted by molar-refractivity contribution is -0.143. The summed E-state index contributed by atoms with van der Waals surface area (Å²) in [5.74, 6) is -1.47. The number of carboxylic acids is 1. The van der Waals surface area contributed by atoms with Crippen LogP contribution >= 0.6 is 0 Å². The average Bonchev–Trinajstić information content (AvgIpc) is 3.26. The first-order valence-corrected chi connectivity index (χ1v) is 21.9. The number of hydrogen-bond donors (Lipinski definition) is 9. The topological polar surface area (TPSA) is 332 Å². The van der Waals surface area contributed by atoms with E-state index in [2.05, 4.69) is 15.2 Å². The number of hydrogen-bond acceptors (Lipinski definition) is 15. The predicted octanol–water partition coefficient (Wildman–Crippen LogP) is 5.09. The third kappa shape index (κ3) is 131. The number of esters is 2. The molecule has 0 rings (SSSR count). The maximum atomic E-state index is 10.5. The molecular formula is C46H96N2O16. The van der Waals surface area contributed by atoms with Gasteiger partial charge in [-0.25, -0.2) is 4.79 Å². The van der Waals surface area contributed by atoms with Crippen LogP contribution in [0.1, 0.15) is 156 Å². The van der Waals surface area contributed by atoms with E-state index >= 15 is 0 Å². The van der Waals surface area contributed by atoms with Crippen LogP contribution in [-0.4, -0.2) is 129 Å². The molecule has 11 N–H and O–H groups in total. The van der Waals surface area contributed by atoms with Gasteiger partial charge in [0.1, 0.15) is 12.6 Å². The summed E-state index contributed by atoms with van der Waals surface area (Å²) in [5.41, 5.74) is 9.45. The molecule has 0 aliphatic carbocycles. The van der Waals surface area contributed by atoms with Crippen LogP contribution in [0, 0.1) is 23.7 Å². The summed E-state index contributed by atoms with van der Waals surface area (Å²) in [4.78, 5) is 68.6. The third-order valence-electron chi connectivity index (χ3n) is 5.79. The molecule has 0 aliphatic rings. The maximum absolute atomic E-state index is 10.5. The first-order chi connectivity index (χ1) is 29.7. The largest absolute Gasteiger partial charge is 0.481 e. The minimum atomic E-state index is -0.741. The smallest absolute Gasteiger partial charge is 0.330 e. The average molecular weight is 933 g/mol. The van der Waals surface area contributed by atoms with E-state index in [1.54, 1.807) is 67.5 Å². The van der Waals surface area contributed by atoms with Crippen LogP contribution < -0.4 is 11.5 Å². The number of carbonyl (C=O) groups is 7. The van der Waals surface area contributed by atoms with Gasteiger partial charge in [0.15, 0.2) is 0 Å². The van der Waals surface area contributed by atoms with Crippen molar-refractivity contribution in [2.45, 2.75) is 174 Å². The summed E-state index contributed by atoms with van der Waals surface area (Å²) in [6.07, 6.45) is 11.7. The molecule has 0 fully saturated rings. The van der Waals surface area contributed by atoms with Crippen molar-refractivity contribution in [3.8, 4) is 0 Å². The second kappa shape index (κ2) is 73.3. The second-order valence-electron chi connectivity index (χ2n) is 13.8. The number of allylic oxidation sites excluding steroid dienone is 2. The second-order valence-corrected chi connectivity index (χ2v) is 13.8. The molecule has 0 radical (unpaired) electrons. The number of aldehydes is 2. The van der Waals surface area contributed by atoms with E-state index in [1.807, 2.05) is 61.5 Å². The summed E-state index contributed by atoms with van der Waals surface area (Å²) in [6, 6.07) is 0. The highest BCUT2D eigenvalue weighted by molar-refractivity contribution is 5.81. The Labute approximate surface area is 386 Å². The molecule has 0 saturated heterocycles. The zero-order valence-corrected chi connectivity index (χ0v) is 42.5. The molecule has 3 atom stereocenters. The van der Waals surface area contributed by atoms with E-state index in [0.29, 0.717) is 38.9 Å². The van der Waals surface area contributed by atoms with Crippen molar-refractivity contribution < 1.29 is 78.8 Å². The standard InChI is InChI=1S/C7H12O2.C6H12O2.C5H12O2.C5H10O2.C5H12O2.C4H9NO.C4H8O2.C4H8O.C3H7NO.C3H6O/c1-3-5-6-7(8)9-4-2;1-2-3-4-6(8)5-7;1-4(2)5(7)3-6;1-3-5(6)7-4-2;1-2-3-5(7)4-6;2*1-3(2)4(5)6;1-4(2)3-5;1-2-3(4)5;1-2-3-4/h5-6H,3-4H2,1-2H3;3-4,6-8H,2,5H2,1H3;4-7H,3H2,1-2H3;3-4H2,1-2H3;5-7H,2-4H2,1H3;3H,1-2H3,(H2,5,6);3H,1-2H3,(H,5,6);3-4H,1-2H3;2H2,1H3,(H2,4,5);3H,2H2,1H3/b6-5+;4-3+;;;;;;;;. The molecule has 0 saturated carbocycles. The normalized spacial score (nSPS) is 10.7. The van der Waals surface area contributed by atoms with Crippen molar-refractivity contribution in [3.05, 3.63) is 24.3 Å².